The van der Waals surface area contributed by atoms with Crippen molar-refractivity contribution in [3.8, 4) is 0 Å². The molecule has 0 aromatic carbocycles. The van der Waals surface area contributed by atoms with Crippen molar-refractivity contribution in [2.24, 2.45) is 5.73 Å². The molecular weight excluding hydrogens is 144 g/mol. The summed E-state index contributed by atoms with van der Waals surface area (Å²) in [4.78, 5) is 0. The Hall–Kier alpha value is -0.160. The molecule has 0 aromatic rings. The van der Waals surface area contributed by atoms with Crippen LogP contribution in [0.1, 0.15) is 13.3 Å². The van der Waals surface area contributed by atoms with Gasteiger partial charge in [-0.3, -0.25) is 0 Å². The zero-order valence-corrected chi connectivity index (χ0v) is 7.12. The van der Waals surface area contributed by atoms with E-state index in [1.165, 1.54) is 5.06 Å². The van der Waals surface area contributed by atoms with Gasteiger partial charge in [-0.25, -0.2) is 0 Å². The minimum atomic E-state index is 0.653. The van der Waals surface area contributed by atoms with Crippen LogP contribution in [0.2, 0.25) is 0 Å². The topological polar surface area (TPSA) is 58.7 Å². The number of hydrogen-bond acceptors (Lipinski definition) is 4. The molecule has 1 rings (SSSR count). The van der Waals surface area contributed by atoms with Crippen LogP contribution in [-0.4, -0.2) is 43.1 Å². The molecule has 68 valence electrons. The first-order valence-electron chi connectivity index (χ1n) is 4.03. The molecule has 1 fully saturated rings. The molecule has 1 aliphatic heterocycles. The summed E-state index contributed by atoms with van der Waals surface area (Å²) in [5, 5.41) is 9.93. The van der Waals surface area contributed by atoms with Crippen LogP contribution in [0.15, 0.2) is 0 Å². The predicted molar refractivity (Wildman–Crippen MR) is 43.5 cm³/mol. The van der Waals surface area contributed by atoms with E-state index in [4.69, 9.17) is 15.7 Å². The van der Waals surface area contributed by atoms with E-state index in [-0.39, 0.29) is 0 Å². The van der Waals surface area contributed by atoms with Crippen LogP contribution >= 0.6 is 0 Å². The fourth-order valence-electron chi connectivity index (χ4n) is 0.554. The second kappa shape index (κ2) is 7.94. The lowest BCUT2D eigenvalue weighted by atomic mass is 10.5. The second-order valence-electron chi connectivity index (χ2n) is 2.35. The molecule has 0 radical (unpaired) electrons. The average molecular weight is 162 g/mol. The lowest BCUT2D eigenvalue weighted by Gasteiger charge is -2.19. The van der Waals surface area contributed by atoms with Crippen LogP contribution < -0.4 is 5.73 Å². The standard InChI is InChI=1S/C4H9NO2.C3H9N/c6-5-1-3-7-4-2-5;1-2-3-4/h6H,1-4H2;2-4H2,1H3. The zero-order valence-electron chi connectivity index (χ0n) is 7.12. The first-order chi connectivity index (χ1) is 5.31. The zero-order chi connectivity index (χ0) is 8.53. The summed E-state index contributed by atoms with van der Waals surface area (Å²) in [6, 6.07) is 0. The van der Waals surface area contributed by atoms with Crippen molar-refractivity contribution in [2.75, 3.05) is 32.8 Å². The van der Waals surface area contributed by atoms with Gasteiger partial charge in [-0.2, -0.15) is 5.06 Å². The Morgan fingerprint density at radius 3 is 2.09 bits per heavy atom. The summed E-state index contributed by atoms with van der Waals surface area (Å²) in [6.45, 7) is 5.51. The highest BCUT2D eigenvalue weighted by Gasteiger charge is 2.04. The molecule has 0 aliphatic carbocycles. The van der Waals surface area contributed by atoms with Crippen molar-refractivity contribution >= 4 is 0 Å². The number of ether oxygens (including phenoxy) is 1. The summed E-state index contributed by atoms with van der Waals surface area (Å²) in [7, 11) is 0. The molecule has 0 aromatic heterocycles. The van der Waals surface area contributed by atoms with Gasteiger partial charge in [-0.1, -0.05) is 6.92 Å². The first kappa shape index (κ1) is 10.8. The van der Waals surface area contributed by atoms with E-state index in [0.29, 0.717) is 26.3 Å². The maximum absolute atomic E-state index is 8.66. The highest BCUT2D eigenvalue weighted by atomic mass is 16.5. The Balaban J connectivity index is 0.000000218. The molecule has 4 heteroatoms. The monoisotopic (exact) mass is 162 g/mol. The maximum atomic E-state index is 8.66. The minimum absolute atomic E-state index is 0.653. The van der Waals surface area contributed by atoms with Gasteiger partial charge in [0.25, 0.3) is 0 Å². The van der Waals surface area contributed by atoms with Crippen LogP contribution in [0.25, 0.3) is 0 Å². The van der Waals surface area contributed by atoms with E-state index in [1.54, 1.807) is 0 Å². The third-order valence-corrected chi connectivity index (χ3v) is 1.28. The van der Waals surface area contributed by atoms with Crippen molar-refractivity contribution in [3.05, 3.63) is 0 Å². The number of hydrogen-bond donors (Lipinski definition) is 2. The molecule has 1 saturated heterocycles. The Labute approximate surface area is 67.9 Å². The molecule has 0 spiro atoms. The van der Waals surface area contributed by atoms with Gasteiger partial charge >= 0.3 is 0 Å². The lowest BCUT2D eigenvalue weighted by Crippen LogP contribution is -2.33. The van der Waals surface area contributed by atoms with Crippen molar-refractivity contribution in [1.82, 2.24) is 5.06 Å². The largest absolute Gasteiger partial charge is 0.379 e. The molecular formula is C7H18N2O2. The molecule has 3 N–H and O–H groups in total. The summed E-state index contributed by atoms with van der Waals surface area (Å²) in [6.07, 6.45) is 1.10. The number of morpholine rings is 1. The summed E-state index contributed by atoms with van der Waals surface area (Å²) in [5.74, 6) is 0. The van der Waals surface area contributed by atoms with E-state index in [1.807, 2.05) is 0 Å². The molecule has 0 amide bonds. The molecule has 4 nitrogen and oxygen atoms in total. The van der Waals surface area contributed by atoms with Crippen LogP contribution in [0, 0.1) is 0 Å². The summed E-state index contributed by atoms with van der Waals surface area (Å²) >= 11 is 0. The molecule has 0 atom stereocenters. The summed E-state index contributed by atoms with van der Waals surface area (Å²) in [5.41, 5.74) is 5.03. The minimum Gasteiger partial charge on any atom is -0.379 e. The predicted octanol–water partition coefficient (Wildman–Crippen LogP) is 0.0629. The van der Waals surface area contributed by atoms with E-state index in [0.717, 1.165) is 13.0 Å². The Morgan fingerprint density at radius 1 is 1.45 bits per heavy atom. The smallest absolute Gasteiger partial charge is 0.0617 e. The van der Waals surface area contributed by atoms with Gasteiger partial charge in [0.1, 0.15) is 0 Å². The molecule has 1 heterocycles. The van der Waals surface area contributed by atoms with Crippen molar-refractivity contribution < 1.29 is 9.94 Å². The quantitative estimate of drug-likeness (QED) is 0.572. The van der Waals surface area contributed by atoms with Crippen LogP contribution in [0.5, 0.6) is 0 Å². The van der Waals surface area contributed by atoms with Crippen LogP contribution in [0.3, 0.4) is 0 Å². The van der Waals surface area contributed by atoms with E-state index >= 15 is 0 Å². The number of nitrogens with zero attached hydrogens (tertiary/aromatic N) is 1. The Bertz CT molecular complexity index is 72.8. The van der Waals surface area contributed by atoms with Crippen molar-refractivity contribution in [3.63, 3.8) is 0 Å². The molecule has 0 unspecified atom stereocenters. The van der Waals surface area contributed by atoms with Crippen molar-refractivity contribution in [2.45, 2.75) is 13.3 Å². The number of rotatable bonds is 1. The fraction of sp³-hybridized carbons (Fsp3) is 1.00. The van der Waals surface area contributed by atoms with E-state index in [2.05, 4.69) is 6.92 Å². The highest BCUT2D eigenvalue weighted by Crippen LogP contribution is 1.89. The summed E-state index contributed by atoms with van der Waals surface area (Å²) < 4.78 is 4.94. The average Bonchev–Trinajstić information content (AvgIpc) is 2.07. The fourth-order valence-corrected chi connectivity index (χ4v) is 0.554. The van der Waals surface area contributed by atoms with Gasteiger partial charge in [-0.05, 0) is 13.0 Å². The normalized spacial score (nSPS) is 18.8. The first-order valence-corrected chi connectivity index (χ1v) is 4.03. The third-order valence-electron chi connectivity index (χ3n) is 1.28. The van der Waals surface area contributed by atoms with Gasteiger partial charge in [0.05, 0.1) is 13.2 Å². The Morgan fingerprint density at radius 2 is 1.91 bits per heavy atom. The lowest BCUT2D eigenvalue weighted by molar-refractivity contribution is -0.143. The SMILES string of the molecule is CCCN.ON1CCOCC1. The molecule has 11 heavy (non-hydrogen) atoms. The molecule has 0 saturated carbocycles. The van der Waals surface area contributed by atoms with Crippen molar-refractivity contribution in [1.29, 1.82) is 0 Å². The van der Waals surface area contributed by atoms with E-state index in [9.17, 15) is 0 Å². The Kier molecular flexibility index (Phi) is 7.83. The van der Waals surface area contributed by atoms with Gasteiger partial charge in [0, 0.05) is 13.1 Å². The third kappa shape index (κ3) is 7.74. The van der Waals surface area contributed by atoms with Crippen LogP contribution in [-0.2, 0) is 4.74 Å². The highest BCUT2D eigenvalue weighted by molar-refractivity contribution is 4.48. The molecule has 1 aliphatic rings. The second-order valence-corrected chi connectivity index (χ2v) is 2.35. The maximum Gasteiger partial charge on any atom is 0.0617 e. The van der Waals surface area contributed by atoms with Gasteiger partial charge in [0.15, 0.2) is 0 Å². The van der Waals surface area contributed by atoms with Crippen LogP contribution in [0.4, 0.5) is 0 Å². The van der Waals surface area contributed by atoms with Gasteiger partial charge < -0.3 is 15.7 Å². The van der Waals surface area contributed by atoms with Gasteiger partial charge in [0.2, 0.25) is 0 Å². The molecule has 0 bridgehead atoms. The van der Waals surface area contributed by atoms with Gasteiger partial charge in [-0.15, -0.1) is 0 Å². The van der Waals surface area contributed by atoms with E-state index < -0.39 is 0 Å². The number of hydroxylamine groups is 2. The number of nitrogens with two attached hydrogens (primary N) is 1.